The highest BCUT2D eigenvalue weighted by atomic mass is 15.1. The van der Waals surface area contributed by atoms with Gasteiger partial charge in [0.1, 0.15) is 0 Å². The first-order chi connectivity index (χ1) is 4.86. The monoisotopic (exact) mass is 133 g/mol. The van der Waals surface area contributed by atoms with E-state index in [2.05, 4.69) is 24.0 Å². The molecule has 0 radical (unpaired) electrons. The summed E-state index contributed by atoms with van der Waals surface area (Å²) in [6.45, 7) is 3.98. The predicted octanol–water partition coefficient (Wildman–Crippen LogP) is 1.29. The van der Waals surface area contributed by atoms with Gasteiger partial charge in [0.15, 0.2) is 0 Å². The van der Waals surface area contributed by atoms with Gasteiger partial charge in [-0.15, -0.1) is 0 Å². The Kier molecular flexibility index (Phi) is 0.657. The van der Waals surface area contributed by atoms with Gasteiger partial charge in [-0.3, -0.25) is 0 Å². The average molecular weight is 133 g/mol. The van der Waals surface area contributed by atoms with Crippen LogP contribution in [0.3, 0.4) is 0 Å². The fraction of sp³-hybridized carbons (Fsp3) is 0.556. The molecule has 0 amide bonds. The van der Waals surface area contributed by atoms with Gasteiger partial charge < -0.3 is 5.32 Å². The molecular weight excluding hydrogens is 122 g/mol. The molecular formula is C9H11N. The molecule has 1 heteroatoms. The maximum absolute atomic E-state index is 3.98. The minimum Gasteiger partial charge on any atom is -0.384 e. The van der Waals surface area contributed by atoms with Crippen LogP contribution in [0.2, 0.25) is 0 Å². The molecule has 1 saturated carbocycles. The molecule has 2 aliphatic carbocycles. The van der Waals surface area contributed by atoms with Gasteiger partial charge in [-0.1, -0.05) is 18.7 Å². The lowest BCUT2D eigenvalue weighted by Gasteiger charge is -2.42. The number of hydrogen-bond acceptors (Lipinski definition) is 1. The highest BCUT2D eigenvalue weighted by Crippen LogP contribution is 2.51. The third-order valence-electron chi connectivity index (χ3n) is 3.21. The van der Waals surface area contributed by atoms with Crippen molar-refractivity contribution >= 4 is 0 Å². The molecule has 0 aromatic heterocycles. The van der Waals surface area contributed by atoms with Crippen LogP contribution in [0.5, 0.6) is 0 Å². The Labute approximate surface area is 60.8 Å². The van der Waals surface area contributed by atoms with Gasteiger partial charge in [0.05, 0.1) is 0 Å². The summed E-state index contributed by atoms with van der Waals surface area (Å²) in [4.78, 5) is 0. The SMILES string of the molecule is C=C1N[C@@H]2[C@H]1[C@H]1C=C[C@@H]2C1. The van der Waals surface area contributed by atoms with E-state index in [1.165, 1.54) is 12.1 Å². The van der Waals surface area contributed by atoms with E-state index in [4.69, 9.17) is 0 Å². The van der Waals surface area contributed by atoms with Crippen molar-refractivity contribution in [3.05, 3.63) is 24.4 Å². The third kappa shape index (κ3) is 0.359. The summed E-state index contributed by atoms with van der Waals surface area (Å²) in [7, 11) is 0. The van der Waals surface area contributed by atoms with E-state index >= 15 is 0 Å². The van der Waals surface area contributed by atoms with Crippen LogP contribution >= 0.6 is 0 Å². The Balaban J connectivity index is 2.03. The van der Waals surface area contributed by atoms with Crippen LogP contribution in [0.25, 0.3) is 0 Å². The summed E-state index contributed by atoms with van der Waals surface area (Å²) >= 11 is 0. The molecule has 1 heterocycles. The van der Waals surface area contributed by atoms with E-state index in [0.29, 0.717) is 0 Å². The molecule has 10 heavy (non-hydrogen) atoms. The van der Waals surface area contributed by atoms with Crippen molar-refractivity contribution in [3.8, 4) is 0 Å². The highest BCUT2D eigenvalue weighted by molar-refractivity contribution is 5.30. The van der Waals surface area contributed by atoms with Gasteiger partial charge in [-0.2, -0.15) is 0 Å². The lowest BCUT2D eigenvalue weighted by molar-refractivity contribution is 0.287. The smallest absolute Gasteiger partial charge is 0.0409 e. The Morgan fingerprint density at radius 1 is 1.40 bits per heavy atom. The van der Waals surface area contributed by atoms with Crippen LogP contribution in [0.4, 0.5) is 0 Å². The van der Waals surface area contributed by atoms with E-state index in [9.17, 15) is 0 Å². The fourth-order valence-corrected chi connectivity index (χ4v) is 2.71. The zero-order valence-corrected chi connectivity index (χ0v) is 5.88. The molecule has 3 aliphatic rings. The van der Waals surface area contributed by atoms with Gasteiger partial charge in [-0.05, 0) is 18.3 Å². The number of nitrogens with one attached hydrogen (secondary N) is 1. The van der Waals surface area contributed by atoms with Crippen molar-refractivity contribution in [2.75, 3.05) is 0 Å². The maximum atomic E-state index is 3.98. The lowest BCUT2D eigenvalue weighted by atomic mass is 9.80. The molecule has 2 bridgehead atoms. The summed E-state index contributed by atoms with van der Waals surface area (Å²) in [5.41, 5.74) is 1.28. The molecule has 1 nitrogen and oxygen atoms in total. The maximum Gasteiger partial charge on any atom is 0.0409 e. The van der Waals surface area contributed by atoms with Gasteiger partial charge >= 0.3 is 0 Å². The summed E-state index contributed by atoms with van der Waals surface area (Å²) in [5.74, 6) is 2.47. The summed E-state index contributed by atoms with van der Waals surface area (Å²) < 4.78 is 0. The van der Waals surface area contributed by atoms with Gasteiger partial charge in [0.2, 0.25) is 0 Å². The summed E-state index contributed by atoms with van der Waals surface area (Å²) in [6.07, 6.45) is 6.12. The number of rotatable bonds is 0. The topological polar surface area (TPSA) is 12.0 Å². The van der Waals surface area contributed by atoms with Crippen molar-refractivity contribution in [3.63, 3.8) is 0 Å². The van der Waals surface area contributed by atoms with Crippen molar-refractivity contribution in [1.29, 1.82) is 0 Å². The first-order valence-corrected chi connectivity index (χ1v) is 4.00. The fourth-order valence-electron chi connectivity index (χ4n) is 2.71. The standard InChI is InChI=1S/C9H11N/c1-5-8-6-2-3-7(4-6)9(8)10-5/h2-3,6-10H,1,4H2/t6-,7+,8+,9-/m0/s1. The summed E-state index contributed by atoms with van der Waals surface area (Å²) in [5, 5.41) is 3.39. The molecule has 4 atom stereocenters. The molecule has 1 aliphatic heterocycles. The first kappa shape index (κ1) is 5.00. The van der Waals surface area contributed by atoms with Crippen LogP contribution in [0, 0.1) is 17.8 Å². The van der Waals surface area contributed by atoms with Crippen LogP contribution in [-0.2, 0) is 0 Å². The van der Waals surface area contributed by atoms with Gasteiger partial charge in [0.25, 0.3) is 0 Å². The third-order valence-corrected chi connectivity index (χ3v) is 3.21. The Hall–Kier alpha value is -0.720. The molecule has 0 aromatic carbocycles. The van der Waals surface area contributed by atoms with Crippen molar-refractivity contribution in [1.82, 2.24) is 5.32 Å². The zero-order valence-electron chi connectivity index (χ0n) is 5.88. The molecule has 3 rings (SSSR count). The molecule has 1 saturated heterocycles. The lowest BCUT2D eigenvalue weighted by Crippen LogP contribution is -2.52. The predicted molar refractivity (Wildman–Crippen MR) is 40.3 cm³/mol. The largest absolute Gasteiger partial charge is 0.384 e. The minimum absolute atomic E-state index is 0.766. The van der Waals surface area contributed by atoms with E-state index in [1.54, 1.807) is 0 Å². The highest BCUT2D eigenvalue weighted by Gasteiger charge is 2.51. The van der Waals surface area contributed by atoms with E-state index in [-0.39, 0.29) is 0 Å². The van der Waals surface area contributed by atoms with Crippen LogP contribution in [0.15, 0.2) is 24.4 Å². The Morgan fingerprint density at radius 2 is 2.20 bits per heavy atom. The zero-order chi connectivity index (χ0) is 6.72. The normalized spacial score (nSPS) is 54.2. The average Bonchev–Trinajstić information content (AvgIpc) is 2.40. The van der Waals surface area contributed by atoms with Crippen molar-refractivity contribution in [2.24, 2.45) is 17.8 Å². The van der Waals surface area contributed by atoms with Crippen molar-refractivity contribution in [2.45, 2.75) is 12.5 Å². The quantitative estimate of drug-likeness (QED) is 0.491. The number of fused-ring (bicyclic) bond motifs is 5. The second-order valence-corrected chi connectivity index (χ2v) is 3.67. The summed E-state index contributed by atoms with van der Waals surface area (Å²) in [6, 6.07) is 0.766. The number of allylic oxidation sites excluding steroid dienone is 1. The van der Waals surface area contributed by atoms with Crippen LogP contribution in [-0.4, -0.2) is 6.04 Å². The molecule has 52 valence electrons. The molecule has 0 unspecified atom stereocenters. The van der Waals surface area contributed by atoms with Gasteiger partial charge in [-0.25, -0.2) is 0 Å². The second kappa shape index (κ2) is 1.31. The molecule has 1 N–H and O–H groups in total. The minimum atomic E-state index is 0.766. The van der Waals surface area contributed by atoms with E-state index in [0.717, 1.165) is 23.8 Å². The molecule has 2 fully saturated rings. The Morgan fingerprint density at radius 3 is 2.80 bits per heavy atom. The second-order valence-electron chi connectivity index (χ2n) is 3.67. The van der Waals surface area contributed by atoms with Gasteiger partial charge in [0, 0.05) is 17.7 Å². The molecule has 0 aromatic rings. The first-order valence-electron chi connectivity index (χ1n) is 4.00. The van der Waals surface area contributed by atoms with Crippen LogP contribution < -0.4 is 5.32 Å². The van der Waals surface area contributed by atoms with E-state index in [1.807, 2.05) is 0 Å². The number of hydrogen-bond donors (Lipinski definition) is 1. The van der Waals surface area contributed by atoms with Crippen LogP contribution in [0.1, 0.15) is 6.42 Å². The van der Waals surface area contributed by atoms with E-state index < -0.39 is 0 Å². The Bertz CT molecular complexity index is 229. The van der Waals surface area contributed by atoms with Crippen molar-refractivity contribution < 1.29 is 0 Å². The molecule has 0 spiro atoms.